The first-order valence-electron chi connectivity index (χ1n) is 5.31. The summed E-state index contributed by atoms with van der Waals surface area (Å²) < 4.78 is 0. The molecule has 16 heavy (non-hydrogen) atoms. The molecule has 2 N–H and O–H groups in total. The van der Waals surface area contributed by atoms with E-state index in [1.54, 1.807) is 7.05 Å². The van der Waals surface area contributed by atoms with Gasteiger partial charge in [0.25, 0.3) is 0 Å². The number of guanidine groups is 1. The standard InChI is InChI=1S/C12H17N3.HI/c1-13-12(14-2)15-8-10-7-9-5-3-4-6-11(9)10;/h3-6,10H,7-8H2,1-2H3,(H2,13,14,15);1H. The summed E-state index contributed by atoms with van der Waals surface area (Å²) in [5, 5.41) is 6.32. The third kappa shape index (κ3) is 2.66. The lowest BCUT2D eigenvalue weighted by Gasteiger charge is -2.30. The van der Waals surface area contributed by atoms with Crippen LogP contribution in [0.3, 0.4) is 0 Å². The van der Waals surface area contributed by atoms with Gasteiger partial charge in [-0.3, -0.25) is 4.99 Å². The smallest absolute Gasteiger partial charge is 0.190 e. The molecule has 1 atom stereocenters. The van der Waals surface area contributed by atoms with Gasteiger partial charge in [0.05, 0.1) is 0 Å². The van der Waals surface area contributed by atoms with Gasteiger partial charge < -0.3 is 10.6 Å². The Labute approximate surface area is 114 Å². The highest BCUT2D eigenvalue weighted by atomic mass is 127. The predicted octanol–water partition coefficient (Wildman–Crippen LogP) is 1.74. The number of nitrogens with one attached hydrogen (secondary N) is 2. The van der Waals surface area contributed by atoms with Gasteiger partial charge in [0, 0.05) is 26.6 Å². The molecule has 0 heterocycles. The molecule has 2 rings (SSSR count). The van der Waals surface area contributed by atoms with Crippen molar-refractivity contribution >= 4 is 29.9 Å². The molecule has 0 fully saturated rings. The Morgan fingerprint density at radius 2 is 2.19 bits per heavy atom. The van der Waals surface area contributed by atoms with E-state index in [0.717, 1.165) is 12.5 Å². The molecule has 0 bridgehead atoms. The summed E-state index contributed by atoms with van der Waals surface area (Å²) in [7, 11) is 3.66. The molecule has 1 aromatic rings. The van der Waals surface area contributed by atoms with Crippen LogP contribution in [0.15, 0.2) is 29.3 Å². The van der Waals surface area contributed by atoms with Gasteiger partial charge in [0.2, 0.25) is 0 Å². The van der Waals surface area contributed by atoms with Crippen LogP contribution in [0.25, 0.3) is 0 Å². The first-order valence-corrected chi connectivity index (χ1v) is 5.31. The minimum Gasteiger partial charge on any atom is -0.359 e. The fourth-order valence-electron chi connectivity index (χ4n) is 2.04. The third-order valence-electron chi connectivity index (χ3n) is 2.94. The fraction of sp³-hybridized carbons (Fsp3) is 0.417. The van der Waals surface area contributed by atoms with E-state index in [1.807, 2.05) is 7.05 Å². The number of hydrogen-bond acceptors (Lipinski definition) is 1. The molecule has 1 unspecified atom stereocenters. The van der Waals surface area contributed by atoms with Crippen LogP contribution in [0.2, 0.25) is 0 Å². The maximum absolute atomic E-state index is 4.09. The molecule has 0 radical (unpaired) electrons. The number of rotatable bonds is 2. The van der Waals surface area contributed by atoms with E-state index in [9.17, 15) is 0 Å². The monoisotopic (exact) mass is 331 g/mol. The van der Waals surface area contributed by atoms with Crippen molar-refractivity contribution in [2.75, 3.05) is 20.6 Å². The van der Waals surface area contributed by atoms with Crippen molar-refractivity contribution in [3.8, 4) is 0 Å². The minimum absolute atomic E-state index is 0. The molecule has 1 aromatic carbocycles. The zero-order chi connectivity index (χ0) is 10.7. The molecular formula is C12H18IN3. The summed E-state index contributed by atoms with van der Waals surface area (Å²) in [6.07, 6.45) is 1.18. The topological polar surface area (TPSA) is 36.4 Å². The van der Waals surface area contributed by atoms with Crippen LogP contribution in [0.5, 0.6) is 0 Å². The largest absolute Gasteiger partial charge is 0.359 e. The Balaban J connectivity index is 0.00000128. The second kappa shape index (κ2) is 6.08. The molecule has 0 spiro atoms. The third-order valence-corrected chi connectivity index (χ3v) is 2.94. The summed E-state index contributed by atoms with van der Waals surface area (Å²) in [6, 6.07) is 8.64. The predicted molar refractivity (Wildman–Crippen MR) is 78.7 cm³/mol. The van der Waals surface area contributed by atoms with Crippen LogP contribution in [0.4, 0.5) is 0 Å². The second-order valence-corrected chi connectivity index (χ2v) is 3.80. The molecular weight excluding hydrogens is 313 g/mol. The molecule has 0 aromatic heterocycles. The second-order valence-electron chi connectivity index (χ2n) is 3.80. The lowest BCUT2D eigenvalue weighted by molar-refractivity contribution is 0.586. The van der Waals surface area contributed by atoms with Crippen molar-refractivity contribution in [1.29, 1.82) is 0 Å². The summed E-state index contributed by atoms with van der Waals surface area (Å²) in [4.78, 5) is 4.09. The van der Waals surface area contributed by atoms with Crippen LogP contribution in [-0.2, 0) is 6.42 Å². The van der Waals surface area contributed by atoms with E-state index in [-0.39, 0.29) is 24.0 Å². The fourth-order valence-corrected chi connectivity index (χ4v) is 2.04. The van der Waals surface area contributed by atoms with Crippen molar-refractivity contribution in [2.24, 2.45) is 4.99 Å². The lowest BCUT2D eigenvalue weighted by atomic mass is 9.78. The first kappa shape index (κ1) is 13.3. The zero-order valence-corrected chi connectivity index (χ0v) is 12.0. The molecule has 0 amide bonds. The summed E-state index contributed by atoms with van der Waals surface area (Å²) in [5.41, 5.74) is 2.97. The van der Waals surface area contributed by atoms with Crippen LogP contribution in [0.1, 0.15) is 17.0 Å². The molecule has 0 saturated carbocycles. The van der Waals surface area contributed by atoms with E-state index in [2.05, 4.69) is 39.9 Å². The number of aliphatic imine (C=N–C) groups is 1. The van der Waals surface area contributed by atoms with E-state index < -0.39 is 0 Å². The quantitative estimate of drug-likeness (QED) is 0.492. The van der Waals surface area contributed by atoms with Gasteiger partial charge in [-0.15, -0.1) is 24.0 Å². The van der Waals surface area contributed by atoms with E-state index in [1.165, 1.54) is 17.5 Å². The Morgan fingerprint density at radius 1 is 1.44 bits per heavy atom. The van der Waals surface area contributed by atoms with Crippen molar-refractivity contribution < 1.29 is 0 Å². The highest BCUT2D eigenvalue weighted by molar-refractivity contribution is 14.0. The average Bonchev–Trinajstić information content (AvgIpc) is 2.25. The van der Waals surface area contributed by atoms with Crippen molar-refractivity contribution in [3.63, 3.8) is 0 Å². The van der Waals surface area contributed by atoms with Gasteiger partial charge in [-0.1, -0.05) is 24.3 Å². The number of hydrogen-bond donors (Lipinski definition) is 2. The maximum atomic E-state index is 4.09. The van der Waals surface area contributed by atoms with Gasteiger partial charge in [-0.05, 0) is 17.5 Å². The number of benzene rings is 1. The molecule has 1 aliphatic rings. The minimum atomic E-state index is 0. The van der Waals surface area contributed by atoms with Crippen molar-refractivity contribution in [2.45, 2.75) is 12.3 Å². The van der Waals surface area contributed by atoms with Crippen LogP contribution in [-0.4, -0.2) is 26.6 Å². The average molecular weight is 331 g/mol. The summed E-state index contributed by atoms with van der Waals surface area (Å²) in [5.74, 6) is 1.51. The molecule has 0 saturated heterocycles. The first-order chi connectivity index (χ1) is 7.35. The molecule has 0 aliphatic heterocycles. The normalized spacial score (nSPS) is 17.9. The van der Waals surface area contributed by atoms with Crippen molar-refractivity contribution in [1.82, 2.24) is 10.6 Å². The van der Waals surface area contributed by atoms with Crippen LogP contribution in [0, 0.1) is 0 Å². The maximum Gasteiger partial charge on any atom is 0.190 e. The number of halogens is 1. The van der Waals surface area contributed by atoms with Gasteiger partial charge in [-0.2, -0.15) is 0 Å². The Morgan fingerprint density at radius 3 is 2.81 bits per heavy atom. The molecule has 1 aliphatic carbocycles. The van der Waals surface area contributed by atoms with E-state index in [0.29, 0.717) is 5.92 Å². The number of nitrogens with zero attached hydrogens (tertiary/aromatic N) is 1. The lowest BCUT2D eigenvalue weighted by Crippen LogP contribution is -2.39. The number of fused-ring (bicyclic) bond motifs is 1. The zero-order valence-electron chi connectivity index (χ0n) is 9.66. The van der Waals surface area contributed by atoms with Gasteiger partial charge in [-0.25, -0.2) is 0 Å². The van der Waals surface area contributed by atoms with Crippen molar-refractivity contribution in [3.05, 3.63) is 35.4 Å². The summed E-state index contributed by atoms with van der Waals surface area (Å²) >= 11 is 0. The van der Waals surface area contributed by atoms with Gasteiger partial charge in [0.15, 0.2) is 5.96 Å². The SMILES string of the molecule is CN=C(NC)NCC1Cc2ccccc21.I. The highest BCUT2D eigenvalue weighted by Crippen LogP contribution is 2.33. The van der Waals surface area contributed by atoms with Crippen LogP contribution < -0.4 is 10.6 Å². The Kier molecular flexibility index (Phi) is 5.05. The molecule has 88 valence electrons. The molecule has 4 heteroatoms. The van der Waals surface area contributed by atoms with Gasteiger partial charge in [0.1, 0.15) is 0 Å². The highest BCUT2D eigenvalue weighted by Gasteiger charge is 2.24. The van der Waals surface area contributed by atoms with E-state index >= 15 is 0 Å². The van der Waals surface area contributed by atoms with E-state index in [4.69, 9.17) is 0 Å². The molecule has 3 nitrogen and oxygen atoms in total. The Bertz CT molecular complexity index is 376. The Hall–Kier alpha value is -0.780. The summed E-state index contributed by atoms with van der Waals surface area (Å²) in [6.45, 7) is 0.963. The van der Waals surface area contributed by atoms with Gasteiger partial charge >= 0.3 is 0 Å². The van der Waals surface area contributed by atoms with Crippen LogP contribution >= 0.6 is 24.0 Å².